The van der Waals surface area contributed by atoms with Crippen LogP contribution in [-0.4, -0.2) is 16.1 Å². The molecule has 0 bridgehead atoms. The van der Waals surface area contributed by atoms with Gasteiger partial charge in [-0.15, -0.1) is 0 Å². The predicted octanol–water partition coefficient (Wildman–Crippen LogP) is 3.82. The highest BCUT2D eigenvalue weighted by atomic mass is 35.5. The summed E-state index contributed by atoms with van der Waals surface area (Å²) in [4.78, 5) is 4.65. The van der Waals surface area contributed by atoms with Crippen LogP contribution < -0.4 is 5.73 Å². The normalized spacial score (nSPS) is 11.7. The lowest BCUT2D eigenvalue weighted by Crippen LogP contribution is -2.09. The van der Waals surface area contributed by atoms with Crippen molar-refractivity contribution in [3.8, 4) is 0 Å². The maximum atomic E-state index is 6.08. The second kappa shape index (κ2) is 5.47. The Morgan fingerprint density at radius 1 is 1.28 bits per heavy atom. The van der Waals surface area contributed by atoms with Crippen molar-refractivity contribution in [1.82, 2.24) is 9.55 Å². The van der Waals surface area contributed by atoms with Crippen LogP contribution >= 0.6 is 23.2 Å². The Balaban J connectivity index is 2.61. The van der Waals surface area contributed by atoms with Crippen molar-refractivity contribution in [2.24, 2.45) is 5.73 Å². The van der Waals surface area contributed by atoms with Crippen molar-refractivity contribution in [2.45, 2.75) is 32.7 Å². The van der Waals surface area contributed by atoms with Gasteiger partial charge < -0.3 is 10.3 Å². The Labute approximate surface area is 117 Å². The zero-order chi connectivity index (χ0) is 13.3. The number of nitrogens with two attached hydrogens (primary N) is 1. The summed E-state index contributed by atoms with van der Waals surface area (Å²) in [6, 6.07) is 3.71. The molecule has 1 aromatic carbocycles. The summed E-state index contributed by atoms with van der Waals surface area (Å²) < 4.78 is 2.19. The van der Waals surface area contributed by atoms with Gasteiger partial charge in [0.2, 0.25) is 0 Å². The van der Waals surface area contributed by atoms with E-state index in [0.29, 0.717) is 22.5 Å². The predicted molar refractivity (Wildman–Crippen MR) is 77.5 cm³/mol. The average Bonchev–Trinajstić information content (AvgIpc) is 2.65. The van der Waals surface area contributed by atoms with Crippen molar-refractivity contribution < 1.29 is 0 Å². The van der Waals surface area contributed by atoms with Crippen LogP contribution in [0.25, 0.3) is 11.0 Å². The van der Waals surface area contributed by atoms with Crippen LogP contribution in [0.15, 0.2) is 12.1 Å². The maximum Gasteiger partial charge on any atom is 0.112 e. The van der Waals surface area contributed by atoms with E-state index in [9.17, 15) is 0 Å². The van der Waals surface area contributed by atoms with Crippen molar-refractivity contribution in [3.05, 3.63) is 28.0 Å². The monoisotopic (exact) mass is 285 g/mol. The molecule has 0 saturated heterocycles. The Hall–Kier alpha value is -0.770. The molecule has 0 aliphatic heterocycles. The first-order valence-electron chi connectivity index (χ1n) is 6.09. The van der Waals surface area contributed by atoms with Gasteiger partial charge in [0, 0.05) is 12.5 Å². The number of rotatable bonds is 4. The Morgan fingerprint density at radius 3 is 2.56 bits per heavy atom. The molecule has 0 amide bonds. The molecule has 2 rings (SSSR count). The van der Waals surface area contributed by atoms with E-state index in [1.54, 1.807) is 0 Å². The van der Waals surface area contributed by atoms with E-state index in [2.05, 4.69) is 23.4 Å². The van der Waals surface area contributed by atoms with E-state index in [0.717, 1.165) is 29.8 Å². The third kappa shape index (κ3) is 2.48. The van der Waals surface area contributed by atoms with Gasteiger partial charge in [-0.1, -0.05) is 37.0 Å². The van der Waals surface area contributed by atoms with Crippen LogP contribution in [-0.2, 0) is 6.54 Å². The molecular formula is C13H17Cl2N3. The zero-order valence-corrected chi connectivity index (χ0v) is 12.1. The fourth-order valence-corrected chi connectivity index (χ4v) is 2.38. The van der Waals surface area contributed by atoms with E-state index in [4.69, 9.17) is 28.9 Å². The molecular weight excluding hydrogens is 269 g/mol. The van der Waals surface area contributed by atoms with Crippen LogP contribution in [0.4, 0.5) is 0 Å². The van der Waals surface area contributed by atoms with Crippen molar-refractivity contribution >= 4 is 34.2 Å². The van der Waals surface area contributed by atoms with Crippen molar-refractivity contribution in [1.29, 1.82) is 0 Å². The first kappa shape index (κ1) is 13.7. The van der Waals surface area contributed by atoms with Gasteiger partial charge in [-0.3, -0.25) is 0 Å². The van der Waals surface area contributed by atoms with Gasteiger partial charge in [-0.05, 0) is 25.1 Å². The maximum absolute atomic E-state index is 6.08. The first-order valence-corrected chi connectivity index (χ1v) is 6.85. The minimum Gasteiger partial charge on any atom is -0.330 e. The van der Waals surface area contributed by atoms with Crippen LogP contribution in [0.2, 0.25) is 10.0 Å². The molecule has 5 heteroatoms. The topological polar surface area (TPSA) is 43.8 Å². The Kier molecular flexibility index (Phi) is 4.15. The molecule has 0 radical (unpaired) electrons. The molecule has 18 heavy (non-hydrogen) atoms. The number of hydrogen-bond donors (Lipinski definition) is 1. The Bertz CT molecular complexity index is 561. The number of imidazole rings is 1. The largest absolute Gasteiger partial charge is 0.330 e. The number of fused-ring (bicyclic) bond motifs is 1. The van der Waals surface area contributed by atoms with Crippen LogP contribution in [0, 0.1) is 0 Å². The number of aryl methyl sites for hydroxylation is 1. The second-order valence-corrected chi connectivity index (χ2v) is 5.49. The molecule has 98 valence electrons. The summed E-state index contributed by atoms with van der Waals surface area (Å²) in [5.74, 6) is 1.41. The number of hydrogen-bond acceptors (Lipinski definition) is 2. The molecule has 0 aliphatic rings. The summed E-state index contributed by atoms with van der Waals surface area (Å²) in [5, 5.41) is 1.11. The summed E-state index contributed by atoms with van der Waals surface area (Å²) in [7, 11) is 0. The number of benzene rings is 1. The summed E-state index contributed by atoms with van der Waals surface area (Å²) >= 11 is 12.1. The third-order valence-corrected chi connectivity index (χ3v) is 3.64. The molecule has 1 heterocycles. The van der Waals surface area contributed by atoms with E-state index in [1.807, 2.05) is 12.1 Å². The van der Waals surface area contributed by atoms with Gasteiger partial charge >= 0.3 is 0 Å². The molecule has 3 nitrogen and oxygen atoms in total. The third-order valence-electron chi connectivity index (χ3n) is 2.92. The lowest BCUT2D eigenvalue weighted by Gasteiger charge is -2.10. The lowest BCUT2D eigenvalue weighted by molar-refractivity contribution is 0.608. The highest BCUT2D eigenvalue weighted by molar-refractivity contribution is 6.42. The van der Waals surface area contributed by atoms with Gasteiger partial charge in [0.15, 0.2) is 0 Å². The van der Waals surface area contributed by atoms with Gasteiger partial charge in [0.1, 0.15) is 5.82 Å². The standard InChI is InChI=1S/C13H17Cl2N3/c1-8(2)13-17-11-6-9(14)10(15)7-12(11)18(13)5-3-4-16/h6-8H,3-5,16H2,1-2H3. The summed E-state index contributed by atoms with van der Waals surface area (Å²) in [6.45, 7) is 5.78. The minimum atomic E-state index is 0.354. The smallest absolute Gasteiger partial charge is 0.112 e. The molecule has 2 aromatic rings. The molecule has 0 unspecified atom stereocenters. The molecule has 0 atom stereocenters. The number of halogens is 2. The van der Waals surface area contributed by atoms with E-state index in [-0.39, 0.29) is 0 Å². The van der Waals surface area contributed by atoms with Gasteiger partial charge in [-0.25, -0.2) is 4.98 Å². The fourth-order valence-electron chi connectivity index (χ4n) is 2.06. The number of nitrogens with zero attached hydrogens (tertiary/aromatic N) is 2. The van der Waals surface area contributed by atoms with Crippen molar-refractivity contribution in [3.63, 3.8) is 0 Å². The SMILES string of the molecule is CC(C)c1nc2cc(Cl)c(Cl)cc2n1CCCN. The molecule has 2 N–H and O–H groups in total. The summed E-state index contributed by atoms with van der Waals surface area (Å²) in [5.41, 5.74) is 7.51. The van der Waals surface area contributed by atoms with Crippen LogP contribution in [0.3, 0.4) is 0 Å². The van der Waals surface area contributed by atoms with E-state index < -0.39 is 0 Å². The van der Waals surface area contributed by atoms with E-state index in [1.165, 1.54) is 0 Å². The van der Waals surface area contributed by atoms with Gasteiger partial charge in [0.05, 0.1) is 21.1 Å². The summed E-state index contributed by atoms with van der Waals surface area (Å²) in [6.07, 6.45) is 0.922. The molecule has 0 fully saturated rings. The first-order chi connectivity index (χ1) is 8.54. The zero-order valence-electron chi connectivity index (χ0n) is 10.6. The van der Waals surface area contributed by atoms with Crippen molar-refractivity contribution in [2.75, 3.05) is 6.54 Å². The molecule has 0 aliphatic carbocycles. The van der Waals surface area contributed by atoms with Crippen LogP contribution in [0.5, 0.6) is 0 Å². The van der Waals surface area contributed by atoms with Gasteiger partial charge in [0.25, 0.3) is 0 Å². The second-order valence-electron chi connectivity index (χ2n) is 4.67. The number of aromatic nitrogens is 2. The average molecular weight is 286 g/mol. The molecule has 1 aromatic heterocycles. The van der Waals surface area contributed by atoms with E-state index >= 15 is 0 Å². The molecule has 0 saturated carbocycles. The van der Waals surface area contributed by atoms with Crippen LogP contribution in [0.1, 0.15) is 32.0 Å². The van der Waals surface area contributed by atoms with Gasteiger partial charge in [-0.2, -0.15) is 0 Å². The Morgan fingerprint density at radius 2 is 1.94 bits per heavy atom. The highest BCUT2D eigenvalue weighted by Gasteiger charge is 2.14. The lowest BCUT2D eigenvalue weighted by atomic mass is 10.2. The quantitative estimate of drug-likeness (QED) is 0.928. The highest BCUT2D eigenvalue weighted by Crippen LogP contribution is 2.30. The minimum absolute atomic E-state index is 0.354. The fraction of sp³-hybridized carbons (Fsp3) is 0.462. The molecule has 0 spiro atoms.